The van der Waals surface area contributed by atoms with Gasteiger partial charge >= 0.3 is 0 Å². The van der Waals surface area contributed by atoms with Gasteiger partial charge in [0.15, 0.2) is 0 Å². The quantitative estimate of drug-likeness (QED) is 0.456. The van der Waals surface area contributed by atoms with Gasteiger partial charge in [0.2, 0.25) is 11.9 Å². The molecule has 1 aromatic heterocycles. The van der Waals surface area contributed by atoms with Crippen LogP contribution in [-0.4, -0.2) is 20.2 Å². The van der Waals surface area contributed by atoms with Crippen molar-refractivity contribution in [3.63, 3.8) is 0 Å². The third-order valence-electron chi connectivity index (χ3n) is 3.57. The largest absolute Gasteiger partial charge is 0.324 e. The second kappa shape index (κ2) is 8.05. The molecule has 0 aliphatic carbocycles. The van der Waals surface area contributed by atoms with Gasteiger partial charge in [-0.2, -0.15) is 20.2 Å². The lowest BCUT2D eigenvalue weighted by atomic mass is 10.2. The lowest BCUT2D eigenvalue weighted by Crippen LogP contribution is -2.07. The SMILES string of the molecule is Cc1c(Cl)ccc(Nc2nc(NO)nc(Nc3ccc(C#N)cc3)n2)c1Cl. The molecule has 1 heterocycles. The van der Waals surface area contributed by atoms with Crippen molar-refractivity contribution in [2.45, 2.75) is 6.92 Å². The van der Waals surface area contributed by atoms with Gasteiger partial charge in [-0.1, -0.05) is 23.2 Å². The van der Waals surface area contributed by atoms with E-state index in [9.17, 15) is 5.21 Å². The fourth-order valence-corrected chi connectivity index (χ4v) is 2.59. The highest BCUT2D eigenvalue weighted by atomic mass is 35.5. The number of halogens is 2. The van der Waals surface area contributed by atoms with E-state index in [0.717, 1.165) is 0 Å². The van der Waals surface area contributed by atoms with Gasteiger partial charge in [-0.3, -0.25) is 5.21 Å². The Morgan fingerprint density at radius 1 is 0.926 bits per heavy atom. The van der Waals surface area contributed by atoms with Gasteiger partial charge in [-0.05, 0) is 48.9 Å². The van der Waals surface area contributed by atoms with Crippen LogP contribution >= 0.6 is 23.2 Å². The van der Waals surface area contributed by atoms with Gasteiger partial charge in [-0.15, -0.1) is 0 Å². The van der Waals surface area contributed by atoms with E-state index in [0.29, 0.717) is 32.5 Å². The molecule has 0 unspecified atom stereocenters. The van der Waals surface area contributed by atoms with Crippen LogP contribution in [0.4, 0.5) is 29.2 Å². The first-order valence-corrected chi connectivity index (χ1v) is 8.40. The van der Waals surface area contributed by atoms with Crippen LogP contribution in [0.3, 0.4) is 0 Å². The van der Waals surface area contributed by atoms with Crippen LogP contribution in [0.5, 0.6) is 0 Å². The van der Waals surface area contributed by atoms with E-state index in [1.807, 2.05) is 11.5 Å². The van der Waals surface area contributed by atoms with Crippen molar-refractivity contribution in [3.8, 4) is 6.07 Å². The fourth-order valence-electron chi connectivity index (χ4n) is 2.17. The molecule has 27 heavy (non-hydrogen) atoms. The number of nitrogens with zero attached hydrogens (tertiary/aromatic N) is 4. The van der Waals surface area contributed by atoms with Crippen molar-refractivity contribution < 1.29 is 5.21 Å². The van der Waals surface area contributed by atoms with E-state index in [2.05, 4.69) is 25.6 Å². The summed E-state index contributed by atoms with van der Waals surface area (Å²) in [5.74, 6) is 0.266. The molecule has 0 atom stereocenters. The van der Waals surface area contributed by atoms with E-state index in [4.69, 9.17) is 28.5 Å². The first-order chi connectivity index (χ1) is 13.0. The third kappa shape index (κ3) is 4.35. The van der Waals surface area contributed by atoms with Gasteiger partial charge in [0, 0.05) is 10.7 Å². The van der Waals surface area contributed by atoms with Gasteiger partial charge in [0.1, 0.15) is 0 Å². The average molecular weight is 402 g/mol. The number of hydrogen-bond acceptors (Lipinski definition) is 8. The molecule has 0 spiro atoms. The maximum absolute atomic E-state index is 9.18. The van der Waals surface area contributed by atoms with E-state index >= 15 is 0 Å². The van der Waals surface area contributed by atoms with Crippen molar-refractivity contribution >= 4 is 52.4 Å². The summed E-state index contributed by atoms with van der Waals surface area (Å²) in [5, 5.41) is 25.0. The normalized spacial score (nSPS) is 10.2. The van der Waals surface area contributed by atoms with Crippen molar-refractivity contribution in [2.24, 2.45) is 0 Å². The zero-order valence-electron chi connectivity index (χ0n) is 14.0. The van der Waals surface area contributed by atoms with Crippen molar-refractivity contribution in [1.82, 2.24) is 15.0 Å². The molecule has 0 radical (unpaired) electrons. The lowest BCUT2D eigenvalue weighted by Gasteiger charge is -2.12. The molecule has 2 aromatic carbocycles. The Bertz CT molecular complexity index is 1020. The lowest BCUT2D eigenvalue weighted by molar-refractivity contribution is 0.382. The van der Waals surface area contributed by atoms with Crippen molar-refractivity contribution in [2.75, 3.05) is 16.1 Å². The molecule has 3 aromatic rings. The Morgan fingerprint density at radius 3 is 2.19 bits per heavy atom. The molecule has 8 nitrogen and oxygen atoms in total. The van der Waals surface area contributed by atoms with E-state index in [1.54, 1.807) is 43.3 Å². The summed E-state index contributed by atoms with van der Waals surface area (Å²) in [6.07, 6.45) is 0. The van der Waals surface area contributed by atoms with Crippen LogP contribution in [0.15, 0.2) is 36.4 Å². The highest BCUT2D eigenvalue weighted by Crippen LogP contribution is 2.32. The maximum Gasteiger partial charge on any atom is 0.253 e. The first-order valence-electron chi connectivity index (χ1n) is 7.65. The number of nitriles is 1. The minimum atomic E-state index is -0.0644. The standard InChI is InChI=1S/C17H13Cl2N7O/c1-9-12(18)6-7-13(14(9)19)22-16-23-15(24-17(25-16)26-27)21-11-4-2-10(8-20)3-5-11/h2-7,27H,1H3,(H3,21,22,23,24,25,26). The highest BCUT2D eigenvalue weighted by Gasteiger charge is 2.11. The topological polar surface area (TPSA) is 119 Å². The summed E-state index contributed by atoms with van der Waals surface area (Å²) in [4.78, 5) is 12.3. The van der Waals surface area contributed by atoms with Gasteiger partial charge in [-0.25, -0.2) is 5.48 Å². The minimum Gasteiger partial charge on any atom is -0.324 e. The second-order valence-corrected chi connectivity index (χ2v) is 6.18. The molecule has 0 saturated carbocycles. The highest BCUT2D eigenvalue weighted by molar-refractivity contribution is 6.37. The summed E-state index contributed by atoms with van der Waals surface area (Å²) in [6, 6.07) is 12.2. The van der Waals surface area contributed by atoms with Gasteiger partial charge < -0.3 is 10.6 Å². The minimum absolute atomic E-state index is 0.0644. The molecular formula is C17H13Cl2N7O. The molecule has 0 saturated heterocycles. The number of aromatic nitrogens is 3. The molecule has 10 heteroatoms. The molecule has 136 valence electrons. The first kappa shape index (κ1) is 18.7. The Morgan fingerprint density at radius 2 is 1.56 bits per heavy atom. The summed E-state index contributed by atoms with van der Waals surface area (Å²) < 4.78 is 0. The van der Waals surface area contributed by atoms with Crippen LogP contribution in [0.2, 0.25) is 10.0 Å². The van der Waals surface area contributed by atoms with Crippen LogP contribution < -0.4 is 16.1 Å². The number of hydrogen-bond donors (Lipinski definition) is 4. The molecule has 0 aliphatic rings. The predicted molar refractivity (Wildman–Crippen MR) is 104 cm³/mol. The Balaban J connectivity index is 1.89. The Labute approximate surface area is 164 Å². The zero-order valence-corrected chi connectivity index (χ0v) is 15.5. The Kier molecular flexibility index (Phi) is 5.57. The summed E-state index contributed by atoms with van der Waals surface area (Å²) in [7, 11) is 0. The third-order valence-corrected chi connectivity index (χ3v) is 4.47. The average Bonchev–Trinajstić information content (AvgIpc) is 2.69. The van der Waals surface area contributed by atoms with Crippen molar-refractivity contribution in [3.05, 3.63) is 57.6 Å². The predicted octanol–water partition coefficient (Wildman–Crippen LogP) is 4.65. The Hall–Kier alpha value is -3.12. The van der Waals surface area contributed by atoms with Crippen LogP contribution in [-0.2, 0) is 0 Å². The molecular weight excluding hydrogens is 389 g/mol. The number of rotatable bonds is 5. The molecule has 0 amide bonds. The van der Waals surface area contributed by atoms with E-state index in [1.165, 1.54) is 0 Å². The maximum atomic E-state index is 9.18. The molecule has 3 rings (SSSR count). The smallest absolute Gasteiger partial charge is 0.253 e. The van der Waals surface area contributed by atoms with E-state index < -0.39 is 0 Å². The molecule has 0 fully saturated rings. The number of benzene rings is 2. The molecule has 0 bridgehead atoms. The summed E-state index contributed by atoms with van der Waals surface area (Å²) >= 11 is 12.3. The van der Waals surface area contributed by atoms with Gasteiger partial charge in [0.25, 0.3) is 5.95 Å². The second-order valence-electron chi connectivity index (χ2n) is 5.39. The van der Waals surface area contributed by atoms with Crippen molar-refractivity contribution in [1.29, 1.82) is 5.26 Å². The van der Waals surface area contributed by atoms with Crippen LogP contribution in [0.25, 0.3) is 0 Å². The molecule has 4 N–H and O–H groups in total. The molecule has 0 aliphatic heterocycles. The zero-order chi connectivity index (χ0) is 19.4. The number of anilines is 5. The van der Waals surface area contributed by atoms with Gasteiger partial charge in [0.05, 0.1) is 22.3 Å². The van der Waals surface area contributed by atoms with Crippen LogP contribution in [0, 0.1) is 18.3 Å². The number of nitrogens with one attached hydrogen (secondary N) is 3. The fraction of sp³-hybridized carbons (Fsp3) is 0.0588. The van der Waals surface area contributed by atoms with E-state index in [-0.39, 0.29) is 17.8 Å². The summed E-state index contributed by atoms with van der Waals surface area (Å²) in [5.41, 5.74) is 4.36. The summed E-state index contributed by atoms with van der Waals surface area (Å²) in [6.45, 7) is 1.79. The monoisotopic (exact) mass is 401 g/mol. The van der Waals surface area contributed by atoms with Crippen LogP contribution in [0.1, 0.15) is 11.1 Å².